The summed E-state index contributed by atoms with van der Waals surface area (Å²) in [6.07, 6.45) is 0. The molecule has 0 aliphatic heterocycles. The largest absolute Gasteiger partial charge is 0.354 e. The Morgan fingerprint density at radius 3 is 2.52 bits per heavy atom. The molecular weight excluding hydrogens is 322 g/mol. The van der Waals surface area contributed by atoms with E-state index in [0.717, 1.165) is 22.9 Å². The van der Waals surface area contributed by atoms with Gasteiger partial charge in [-0.25, -0.2) is 0 Å². The lowest BCUT2D eigenvalue weighted by Gasteiger charge is -2.12. The van der Waals surface area contributed by atoms with Crippen LogP contribution in [-0.2, 0) is 10.5 Å². The molecule has 2 aromatic rings. The van der Waals surface area contributed by atoms with Crippen LogP contribution in [-0.4, -0.2) is 23.5 Å². The molecule has 0 heterocycles. The third kappa shape index (κ3) is 6.32. The lowest BCUT2D eigenvalue weighted by atomic mass is 10.1. The van der Waals surface area contributed by atoms with Crippen molar-refractivity contribution in [1.82, 2.24) is 5.32 Å². The van der Waals surface area contributed by atoms with Crippen LogP contribution in [0, 0.1) is 6.92 Å². The Hall–Kier alpha value is -1.39. The molecule has 0 fully saturated rings. The Balaban J connectivity index is 1.64. The van der Waals surface area contributed by atoms with Crippen LogP contribution >= 0.6 is 23.5 Å². The Morgan fingerprint density at radius 2 is 1.78 bits per heavy atom. The molecule has 0 saturated carbocycles. The van der Waals surface area contributed by atoms with Gasteiger partial charge < -0.3 is 5.32 Å². The third-order valence-corrected chi connectivity index (χ3v) is 5.61. The number of carbonyl (C=O) groups is 1. The van der Waals surface area contributed by atoms with Crippen LogP contribution in [0.2, 0.25) is 0 Å². The molecular formula is C19H23NOS2. The number of hydrogen-bond donors (Lipinski definition) is 1. The highest BCUT2D eigenvalue weighted by molar-refractivity contribution is 8.00. The van der Waals surface area contributed by atoms with Gasteiger partial charge in [0.2, 0.25) is 5.91 Å². The highest BCUT2D eigenvalue weighted by Gasteiger charge is 2.13. The highest BCUT2D eigenvalue weighted by Crippen LogP contribution is 2.22. The lowest BCUT2D eigenvalue weighted by Crippen LogP contribution is -2.32. The predicted octanol–water partition coefficient (Wildman–Crippen LogP) is 4.53. The van der Waals surface area contributed by atoms with Crippen LogP contribution in [0.4, 0.5) is 0 Å². The Bertz CT molecular complexity index is 616. The van der Waals surface area contributed by atoms with Crippen LogP contribution in [0.5, 0.6) is 0 Å². The zero-order chi connectivity index (χ0) is 16.5. The molecule has 23 heavy (non-hydrogen) atoms. The number of nitrogens with one attached hydrogen (secondary N) is 1. The van der Waals surface area contributed by atoms with Crippen molar-refractivity contribution >= 4 is 29.4 Å². The smallest absolute Gasteiger partial charge is 0.233 e. The summed E-state index contributed by atoms with van der Waals surface area (Å²) in [5.74, 6) is 2.04. The number of rotatable bonds is 8. The maximum Gasteiger partial charge on any atom is 0.233 e. The number of thioether (sulfide) groups is 2. The molecule has 122 valence electrons. The van der Waals surface area contributed by atoms with Gasteiger partial charge in [-0.1, -0.05) is 42.5 Å². The van der Waals surface area contributed by atoms with Crippen LogP contribution in [0.1, 0.15) is 18.1 Å². The van der Waals surface area contributed by atoms with Crippen molar-refractivity contribution in [2.45, 2.75) is 29.7 Å². The molecule has 0 saturated heterocycles. The molecule has 0 aliphatic carbocycles. The number of benzene rings is 2. The van der Waals surface area contributed by atoms with E-state index in [-0.39, 0.29) is 11.2 Å². The van der Waals surface area contributed by atoms with Gasteiger partial charge >= 0.3 is 0 Å². The normalized spacial score (nSPS) is 11.9. The molecule has 2 rings (SSSR count). The molecule has 1 N–H and O–H groups in total. The lowest BCUT2D eigenvalue weighted by molar-refractivity contribution is -0.120. The zero-order valence-electron chi connectivity index (χ0n) is 13.6. The molecule has 0 radical (unpaired) electrons. The summed E-state index contributed by atoms with van der Waals surface area (Å²) < 4.78 is 0. The Morgan fingerprint density at radius 1 is 1.09 bits per heavy atom. The minimum atomic E-state index is -0.0706. The van der Waals surface area contributed by atoms with Crippen molar-refractivity contribution in [3.63, 3.8) is 0 Å². The van der Waals surface area contributed by atoms with Crippen LogP contribution in [0.3, 0.4) is 0 Å². The van der Waals surface area contributed by atoms with Crippen molar-refractivity contribution < 1.29 is 4.79 Å². The average molecular weight is 346 g/mol. The van der Waals surface area contributed by atoms with E-state index in [9.17, 15) is 4.79 Å². The summed E-state index contributed by atoms with van der Waals surface area (Å²) in [5.41, 5.74) is 2.70. The molecule has 2 nitrogen and oxygen atoms in total. The quantitative estimate of drug-likeness (QED) is 0.563. The van der Waals surface area contributed by atoms with Crippen molar-refractivity contribution in [3.05, 3.63) is 65.7 Å². The van der Waals surface area contributed by atoms with E-state index in [4.69, 9.17) is 0 Å². The van der Waals surface area contributed by atoms with Gasteiger partial charge in [-0.05, 0) is 37.1 Å². The molecule has 0 bridgehead atoms. The van der Waals surface area contributed by atoms with Crippen molar-refractivity contribution in [1.29, 1.82) is 0 Å². The predicted molar refractivity (Wildman–Crippen MR) is 102 cm³/mol. The summed E-state index contributed by atoms with van der Waals surface area (Å²) in [6.45, 7) is 4.81. The van der Waals surface area contributed by atoms with Gasteiger partial charge in [-0.3, -0.25) is 4.79 Å². The fraction of sp³-hybridized carbons (Fsp3) is 0.316. The van der Waals surface area contributed by atoms with E-state index in [2.05, 4.69) is 36.5 Å². The molecule has 0 spiro atoms. The summed E-state index contributed by atoms with van der Waals surface area (Å²) in [5, 5.41) is 2.95. The van der Waals surface area contributed by atoms with E-state index in [1.165, 1.54) is 11.1 Å². The fourth-order valence-electron chi connectivity index (χ4n) is 2.10. The maximum absolute atomic E-state index is 12.1. The standard InChI is InChI=1S/C19H23NOS2/c1-15-8-6-7-9-17(15)14-22-13-12-20-19(21)16(2)23-18-10-4-3-5-11-18/h3-11,16H,12-14H2,1-2H3,(H,20,21)/t16-/m1/s1. The summed E-state index contributed by atoms with van der Waals surface area (Å²) >= 11 is 3.45. The molecule has 4 heteroatoms. The van der Waals surface area contributed by atoms with Gasteiger partial charge in [0.25, 0.3) is 0 Å². The average Bonchev–Trinajstić information content (AvgIpc) is 2.57. The summed E-state index contributed by atoms with van der Waals surface area (Å²) in [6, 6.07) is 18.5. The van der Waals surface area contributed by atoms with Crippen molar-refractivity contribution in [2.75, 3.05) is 12.3 Å². The molecule has 1 amide bonds. The first kappa shape index (κ1) is 18.0. The molecule has 0 aromatic heterocycles. The minimum absolute atomic E-state index is 0.0706. The molecule has 2 aromatic carbocycles. The van der Waals surface area contributed by atoms with Crippen LogP contribution < -0.4 is 5.32 Å². The van der Waals surface area contributed by atoms with Crippen LogP contribution in [0.15, 0.2) is 59.5 Å². The Labute approximate surface area is 147 Å². The minimum Gasteiger partial charge on any atom is -0.354 e. The number of carbonyl (C=O) groups excluding carboxylic acids is 1. The summed E-state index contributed by atoms with van der Waals surface area (Å²) in [4.78, 5) is 13.2. The first-order chi connectivity index (χ1) is 11.2. The monoisotopic (exact) mass is 345 g/mol. The van der Waals surface area contributed by atoms with E-state index in [0.29, 0.717) is 0 Å². The molecule has 0 unspecified atom stereocenters. The first-order valence-electron chi connectivity index (χ1n) is 7.78. The van der Waals surface area contributed by atoms with E-state index in [1.807, 2.05) is 49.0 Å². The second-order valence-corrected chi connectivity index (χ2v) is 7.86. The number of aryl methyl sites for hydroxylation is 1. The highest BCUT2D eigenvalue weighted by atomic mass is 32.2. The van der Waals surface area contributed by atoms with Crippen LogP contribution in [0.25, 0.3) is 0 Å². The number of hydrogen-bond acceptors (Lipinski definition) is 3. The van der Waals surface area contributed by atoms with Gasteiger partial charge in [-0.2, -0.15) is 11.8 Å². The van der Waals surface area contributed by atoms with E-state index >= 15 is 0 Å². The summed E-state index contributed by atoms with van der Waals surface area (Å²) in [7, 11) is 0. The topological polar surface area (TPSA) is 29.1 Å². The Kier molecular flexibility index (Phi) is 7.56. The molecule has 0 aliphatic rings. The van der Waals surface area contributed by atoms with Gasteiger partial charge in [0.05, 0.1) is 5.25 Å². The maximum atomic E-state index is 12.1. The second-order valence-electron chi connectivity index (χ2n) is 5.34. The van der Waals surface area contributed by atoms with Gasteiger partial charge in [0.15, 0.2) is 0 Å². The molecule has 1 atom stereocenters. The van der Waals surface area contributed by atoms with E-state index in [1.54, 1.807) is 11.8 Å². The fourth-order valence-corrected chi connectivity index (χ4v) is 3.95. The third-order valence-electron chi connectivity index (χ3n) is 3.49. The second kappa shape index (κ2) is 9.68. The first-order valence-corrected chi connectivity index (χ1v) is 9.82. The van der Waals surface area contributed by atoms with Gasteiger partial charge in [-0.15, -0.1) is 11.8 Å². The van der Waals surface area contributed by atoms with E-state index < -0.39 is 0 Å². The van der Waals surface area contributed by atoms with Crippen molar-refractivity contribution in [2.24, 2.45) is 0 Å². The zero-order valence-corrected chi connectivity index (χ0v) is 15.3. The van der Waals surface area contributed by atoms with Gasteiger partial charge in [0.1, 0.15) is 0 Å². The SMILES string of the molecule is Cc1ccccc1CSCCNC(=O)[C@@H](C)Sc1ccccc1. The van der Waals surface area contributed by atoms with Crippen molar-refractivity contribution in [3.8, 4) is 0 Å². The van der Waals surface area contributed by atoms with Gasteiger partial charge in [0, 0.05) is 22.9 Å². The number of amides is 1.